The van der Waals surface area contributed by atoms with E-state index in [1.807, 2.05) is 6.92 Å². The van der Waals surface area contributed by atoms with Crippen LogP contribution in [0.25, 0.3) is 0 Å². The number of carbonyl (C=O) groups excluding carboxylic acids is 3. The van der Waals surface area contributed by atoms with Gasteiger partial charge < -0.3 is 19.5 Å². The van der Waals surface area contributed by atoms with Gasteiger partial charge in [0, 0.05) is 24.9 Å². The first-order valence-electron chi connectivity index (χ1n) is 15.9. The normalized spacial score (nSPS) is 27.6. The van der Waals surface area contributed by atoms with Crippen LogP contribution in [0.5, 0.6) is 0 Å². The molecule has 0 bridgehead atoms. The first kappa shape index (κ1) is 35.3. The van der Waals surface area contributed by atoms with Gasteiger partial charge in [0.25, 0.3) is 10.0 Å². The maximum Gasteiger partial charge on any atom is 0.336 e. The van der Waals surface area contributed by atoms with E-state index in [-0.39, 0.29) is 52.3 Å². The number of halogens is 1. The van der Waals surface area contributed by atoms with E-state index >= 15 is 0 Å². The van der Waals surface area contributed by atoms with Crippen molar-refractivity contribution in [2.75, 3.05) is 23.3 Å². The highest BCUT2D eigenvalue weighted by molar-refractivity contribution is 7.92. The topological polar surface area (TPSA) is 163 Å². The van der Waals surface area contributed by atoms with E-state index in [0.717, 1.165) is 24.8 Å². The fourth-order valence-corrected chi connectivity index (χ4v) is 9.00. The van der Waals surface area contributed by atoms with Crippen LogP contribution in [-0.2, 0) is 38.6 Å². The molecule has 0 amide bonds. The van der Waals surface area contributed by atoms with Crippen molar-refractivity contribution in [3.05, 3.63) is 65.4 Å². The number of esters is 3. The summed E-state index contributed by atoms with van der Waals surface area (Å²) in [6, 6.07) is 8.55. The first-order valence-corrected chi connectivity index (χ1v) is 17.7. The monoisotopic (exact) mass is 700 g/mol. The molecule has 14 heteroatoms. The summed E-state index contributed by atoms with van der Waals surface area (Å²) >= 11 is 5.76. The minimum atomic E-state index is -3.96. The van der Waals surface area contributed by atoms with Crippen LogP contribution in [0.1, 0.15) is 59.8 Å². The Balaban J connectivity index is 1.41. The van der Waals surface area contributed by atoms with Gasteiger partial charge in [-0.05, 0) is 91.8 Å². The number of benzene rings is 1. The zero-order valence-corrected chi connectivity index (χ0v) is 29.0. The average Bonchev–Trinajstić information content (AvgIpc) is 3.45. The fraction of sp³-hybridized carbons (Fsp3) is 0.500. The Labute approximate surface area is 285 Å². The molecule has 2 N–H and O–H groups in total. The number of hydrogen-bond acceptors (Lipinski definition) is 11. The lowest BCUT2D eigenvalue weighted by atomic mass is 9.46. The Kier molecular flexibility index (Phi) is 10.2. The number of ether oxygens (including phenoxy) is 3. The van der Waals surface area contributed by atoms with E-state index in [0.29, 0.717) is 24.1 Å². The maximum absolute atomic E-state index is 13.0. The summed E-state index contributed by atoms with van der Waals surface area (Å²) in [6.07, 6.45) is 4.69. The molecule has 2 aromatic rings. The number of nitrogens with one attached hydrogen (secondary N) is 2. The van der Waals surface area contributed by atoms with E-state index in [4.69, 9.17) is 25.8 Å². The van der Waals surface area contributed by atoms with Gasteiger partial charge >= 0.3 is 17.9 Å². The molecule has 2 fully saturated rings. The van der Waals surface area contributed by atoms with E-state index in [2.05, 4.69) is 33.7 Å². The van der Waals surface area contributed by atoms with Crippen molar-refractivity contribution < 1.29 is 37.0 Å². The molecule has 1 unspecified atom stereocenters. The van der Waals surface area contributed by atoms with Crippen molar-refractivity contribution in [2.24, 2.45) is 22.7 Å². The second-order valence-electron chi connectivity index (χ2n) is 13.3. The highest BCUT2D eigenvalue weighted by Gasteiger charge is 2.60. The molecule has 6 atom stereocenters. The number of aromatic nitrogens is 2. The molecule has 3 aliphatic rings. The number of hydrogen-bond donors (Lipinski definition) is 2. The average molecular weight is 701 g/mol. The molecule has 2 saturated carbocycles. The summed E-state index contributed by atoms with van der Waals surface area (Å²) in [7, 11) is -3.96. The molecule has 48 heavy (non-hydrogen) atoms. The predicted octanol–water partition coefficient (Wildman–Crippen LogP) is 5.47. The minimum absolute atomic E-state index is 0.00783. The number of anilines is 2. The van der Waals surface area contributed by atoms with Crippen molar-refractivity contribution in [2.45, 2.75) is 76.8 Å². The van der Waals surface area contributed by atoms with Crippen molar-refractivity contribution >= 4 is 51.0 Å². The largest absolute Gasteiger partial charge is 0.465 e. The molecule has 12 nitrogen and oxygen atoms in total. The lowest BCUT2D eigenvalue weighted by Crippen LogP contribution is -2.59. The van der Waals surface area contributed by atoms with E-state index in [1.165, 1.54) is 38.1 Å². The van der Waals surface area contributed by atoms with Crippen LogP contribution in [0.3, 0.4) is 0 Å². The predicted molar refractivity (Wildman–Crippen MR) is 178 cm³/mol. The summed E-state index contributed by atoms with van der Waals surface area (Å²) < 4.78 is 45.1. The number of cyclic esters (lactones) is 1. The van der Waals surface area contributed by atoms with Crippen LogP contribution in [0.2, 0.25) is 5.15 Å². The summed E-state index contributed by atoms with van der Waals surface area (Å²) in [6.45, 7) is 11.8. The van der Waals surface area contributed by atoms with Gasteiger partial charge in [-0.15, -0.1) is 10.2 Å². The third-order valence-electron chi connectivity index (χ3n) is 10.2. The molecular formula is C34H41ClN4O8S. The van der Waals surface area contributed by atoms with E-state index in [1.54, 1.807) is 18.2 Å². The zero-order chi connectivity index (χ0) is 34.9. The molecule has 2 heterocycles. The lowest BCUT2D eigenvalue weighted by Gasteiger charge is -2.60. The van der Waals surface area contributed by atoms with Crippen molar-refractivity contribution in [1.82, 2.24) is 10.2 Å². The maximum atomic E-state index is 13.0. The van der Waals surface area contributed by atoms with Crippen LogP contribution in [-0.4, -0.2) is 61.9 Å². The van der Waals surface area contributed by atoms with E-state index < -0.39 is 39.5 Å². The number of allylic oxidation sites excluding steroid dienone is 1. The van der Waals surface area contributed by atoms with Gasteiger partial charge in [0.1, 0.15) is 19.3 Å². The summed E-state index contributed by atoms with van der Waals surface area (Å²) in [5, 5.41) is 11.0. The van der Waals surface area contributed by atoms with Gasteiger partial charge in [0.2, 0.25) is 0 Å². The Hall–Kier alpha value is -3.97. The molecule has 1 aromatic heterocycles. The minimum Gasteiger partial charge on any atom is -0.465 e. The Morgan fingerprint density at radius 2 is 1.83 bits per heavy atom. The van der Waals surface area contributed by atoms with Crippen LogP contribution in [0, 0.1) is 22.7 Å². The highest BCUT2D eigenvalue weighted by Crippen LogP contribution is 2.62. The van der Waals surface area contributed by atoms with Crippen molar-refractivity contribution in [1.29, 1.82) is 0 Å². The quantitative estimate of drug-likeness (QED) is 0.174. The van der Waals surface area contributed by atoms with Crippen molar-refractivity contribution in [3.8, 4) is 0 Å². The fourth-order valence-electron chi connectivity index (χ4n) is 7.91. The molecule has 1 aliphatic heterocycles. The molecular weight excluding hydrogens is 660 g/mol. The van der Waals surface area contributed by atoms with Crippen molar-refractivity contribution in [3.63, 3.8) is 0 Å². The molecule has 0 spiro atoms. The number of rotatable bonds is 11. The van der Waals surface area contributed by atoms with Gasteiger partial charge in [0.05, 0.1) is 16.5 Å². The van der Waals surface area contributed by atoms with Gasteiger partial charge in [-0.3, -0.25) is 14.3 Å². The molecule has 258 valence electrons. The van der Waals surface area contributed by atoms with Crippen LogP contribution < -0.4 is 10.0 Å². The molecule has 2 aliphatic carbocycles. The third-order valence-corrected chi connectivity index (χ3v) is 11.8. The Bertz CT molecular complexity index is 1720. The third kappa shape index (κ3) is 7.36. The summed E-state index contributed by atoms with van der Waals surface area (Å²) in [5.41, 5.74) is 1.20. The molecule has 1 aromatic carbocycles. The van der Waals surface area contributed by atoms with Crippen LogP contribution in [0.15, 0.2) is 65.1 Å². The van der Waals surface area contributed by atoms with Gasteiger partial charge in [-0.2, -0.15) is 0 Å². The second kappa shape index (κ2) is 13.9. The first-order chi connectivity index (χ1) is 22.6. The SMILES string of the molecule is C=C1CC[C@@H]2[C@](C)(COC(C)=O)[C@H](OC(C)=O)CC[C@@]2(C)[C@@H]1CC(Nc1ccc(S(=O)(=O)Nc2ccc(Cl)nn2)cc1)C1=CCOC1=O. The van der Waals surface area contributed by atoms with Gasteiger partial charge in [-0.25, -0.2) is 13.2 Å². The number of nitrogens with zero attached hydrogens (tertiary/aromatic N) is 2. The molecule has 0 radical (unpaired) electrons. The number of sulfonamides is 1. The Morgan fingerprint density at radius 1 is 1.10 bits per heavy atom. The standard InChI is InChI=1S/C34H41ClN4O8S/c1-20-6-11-28-33(4,16-14-29(47-22(3)41)34(28,5)19-46-21(2)40)26(20)18-27(25-15-17-45-32(25)42)36-23-7-9-24(10-8-23)48(43,44)39-31-13-12-30(35)37-38-31/h7-10,12-13,15,26-29,36H,1,6,11,14,16-19H2,2-5H3,(H,38,39)/t26-,27?,28+,29-,33+,34+/m1/s1. The molecule has 0 saturated heterocycles. The van der Waals surface area contributed by atoms with Gasteiger partial charge in [0.15, 0.2) is 11.0 Å². The highest BCUT2D eigenvalue weighted by atomic mass is 35.5. The smallest absolute Gasteiger partial charge is 0.336 e. The number of fused-ring (bicyclic) bond motifs is 1. The second-order valence-corrected chi connectivity index (χ2v) is 15.4. The summed E-state index contributed by atoms with van der Waals surface area (Å²) in [4.78, 5) is 37.0. The van der Waals surface area contributed by atoms with Gasteiger partial charge in [-0.1, -0.05) is 37.6 Å². The van der Waals surface area contributed by atoms with Crippen LogP contribution in [0.4, 0.5) is 11.5 Å². The Morgan fingerprint density at radius 3 is 2.44 bits per heavy atom. The lowest BCUT2D eigenvalue weighted by molar-refractivity contribution is -0.191. The van der Waals surface area contributed by atoms with E-state index in [9.17, 15) is 22.8 Å². The zero-order valence-electron chi connectivity index (χ0n) is 27.5. The molecule has 5 rings (SSSR count). The number of carbonyl (C=O) groups is 3. The van der Waals surface area contributed by atoms with Crippen LogP contribution >= 0.6 is 11.6 Å². The summed E-state index contributed by atoms with van der Waals surface area (Å²) in [5.74, 6) is -1.20.